The van der Waals surface area contributed by atoms with Crippen LogP contribution in [0.25, 0.3) is 0 Å². The number of nitrogens with one attached hydrogen (secondary N) is 1. The zero-order valence-corrected chi connectivity index (χ0v) is 11.8. The smallest absolute Gasteiger partial charge is 0.337 e. The fourth-order valence-corrected chi connectivity index (χ4v) is 2.54. The monoisotopic (exact) mass is 281 g/mol. The van der Waals surface area contributed by atoms with Gasteiger partial charge in [-0.15, -0.1) is 0 Å². The molecule has 1 N–H and O–H groups in total. The van der Waals surface area contributed by atoms with Gasteiger partial charge >= 0.3 is 5.97 Å². The van der Waals surface area contributed by atoms with E-state index in [-0.39, 0.29) is 11.9 Å². The van der Waals surface area contributed by atoms with E-state index in [1.807, 2.05) is 0 Å². The van der Waals surface area contributed by atoms with Gasteiger partial charge in [0.2, 0.25) is 0 Å². The molecule has 0 amide bonds. The molecule has 1 saturated carbocycles. The molecule has 0 saturated heterocycles. The quantitative estimate of drug-likeness (QED) is 0.862. The number of carbonyl (C=O) groups is 1. The van der Waals surface area contributed by atoms with Gasteiger partial charge in [-0.2, -0.15) is 0 Å². The average Bonchev–Trinajstić information content (AvgIpc) is 2.49. The molecular formula is C15H20FNO3. The lowest BCUT2D eigenvalue weighted by molar-refractivity contribution is 0.0600. The van der Waals surface area contributed by atoms with Crippen molar-refractivity contribution in [3.05, 3.63) is 29.6 Å². The molecule has 1 aromatic carbocycles. The van der Waals surface area contributed by atoms with Gasteiger partial charge in [-0.1, -0.05) is 0 Å². The molecule has 0 bridgehead atoms. The third-order valence-electron chi connectivity index (χ3n) is 3.75. The Balaban J connectivity index is 2.03. The third kappa shape index (κ3) is 3.48. The number of hydrogen-bond donors (Lipinski definition) is 1. The fraction of sp³-hybridized carbons (Fsp3) is 0.533. The lowest BCUT2D eigenvalue weighted by atomic mass is 9.92. The maximum atomic E-state index is 13.8. The van der Waals surface area contributed by atoms with Crippen molar-refractivity contribution in [2.75, 3.05) is 19.5 Å². The summed E-state index contributed by atoms with van der Waals surface area (Å²) in [7, 11) is 3.03. The van der Waals surface area contributed by atoms with Crippen LogP contribution in [0.3, 0.4) is 0 Å². The number of carbonyl (C=O) groups excluding carboxylic acids is 1. The minimum Gasteiger partial charge on any atom is -0.465 e. The molecule has 0 atom stereocenters. The molecule has 0 heterocycles. The van der Waals surface area contributed by atoms with E-state index in [9.17, 15) is 9.18 Å². The molecule has 1 aliphatic rings. The van der Waals surface area contributed by atoms with Crippen molar-refractivity contribution >= 4 is 11.7 Å². The first-order chi connectivity index (χ1) is 9.63. The molecule has 2 rings (SSSR count). The minimum absolute atomic E-state index is 0.212. The van der Waals surface area contributed by atoms with Gasteiger partial charge in [0.25, 0.3) is 0 Å². The Morgan fingerprint density at radius 1 is 1.25 bits per heavy atom. The van der Waals surface area contributed by atoms with Gasteiger partial charge in [0.15, 0.2) is 0 Å². The van der Waals surface area contributed by atoms with Crippen molar-refractivity contribution in [3.63, 3.8) is 0 Å². The number of rotatable bonds is 4. The van der Waals surface area contributed by atoms with Gasteiger partial charge in [0.1, 0.15) is 5.82 Å². The number of ether oxygens (including phenoxy) is 2. The standard InChI is InChI=1S/C15H20FNO3/c1-19-12-6-4-11(5-7-12)17-14-9-10(15(18)20-2)3-8-13(14)16/h3,8-9,11-12,17H,4-7H2,1-2H3. The molecule has 20 heavy (non-hydrogen) atoms. The Bertz CT molecular complexity index is 470. The predicted octanol–water partition coefficient (Wildman–Crippen LogP) is 2.98. The molecule has 4 nitrogen and oxygen atoms in total. The number of anilines is 1. The van der Waals surface area contributed by atoms with E-state index in [2.05, 4.69) is 10.1 Å². The lowest BCUT2D eigenvalue weighted by Gasteiger charge is -2.29. The molecule has 0 radical (unpaired) electrons. The number of esters is 1. The van der Waals surface area contributed by atoms with E-state index < -0.39 is 5.97 Å². The molecule has 1 fully saturated rings. The Morgan fingerprint density at radius 3 is 2.55 bits per heavy atom. The van der Waals surface area contributed by atoms with Gasteiger partial charge in [0.05, 0.1) is 24.5 Å². The zero-order valence-electron chi connectivity index (χ0n) is 11.8. The van der Waals surface area contributed by atoms with Crippen molar-refractivity contribution in [1.29, 1.82) is 0 Å². The average molecular weight is 281 g/mol. The zero-order chi connectivity index (χ0) is 14.5. The summed E-state index contributed by atoms with van der Waals surface area (Å²) in [6.07, 6.45) is 4.10. The highest BCUT2D eigenvalue weighted by atomic mass is 19.1. The molecule has 1 aromatic rings. The van der Waals surface area contributed by atoms with E-state index in [0.29, 0.717) is 17.4 Å². The second kappa shape index (κ2) is 6.70. The van der Waals surface area contributed by atoms with Crippen LogP contribution in [0.2, 0.25) is 0 Å². The Morgan fingerprint density at radius 2 is 1.95 bits per heavy atom. The predicted molar refractivity (Wildman–Crippen MR) is 74.4 cm³/mol. The number of halogens is 1. The fourth-order valence-electron chi connectivity index (χ4n) is 2.54. The molecule has 0 aliphatic heterocycles. The second-order valence-corrected chi connectivity index (χ2v) is 5.04. The van der Waals surface area contributed by atoms with E-state index in [0.717, 1.165) is 25.7 Å². The maximum absolute atomic E-state index is 13.8. The van der Waals surface area contributed by atoms with Crippen LogP contribution in [0.15, 0.2) is 18.2 Å². The van der Waals surface area contributed by atoms with E-state index in [1.54, 1.807) is 7.11 Å². The topological polar surface area (TPSA) is 47.6 Å². The van der Waals surface area contributed by atoms with Crippen LogP contribution in [-0.2, 0) is 9.47 Å². The highest BCUT2D eigenvalue weighted by molar-refractivity contribution is 5.90. The van der Waals surface area contributed by atoms with Crippen molar-refractivity contribution in [1.82, 2.24) is 0 Å². The van der Waals surface area contributed by atoms with E-state index in [1.165, 1.54) is 25.3 Å². The molecular weight excluding hydrogens is 261 g/mol. The second-order valence-electron chi connectivity index (χ2n) is 5.04. The molecule has 0 unspecified atom stereocenters. The Hall–Kier alpha value is -1.62. The largest absolute Gasteiger partial charge is 0.465 e. The third-order valence-corrected chi connectivity index (χ3v) is 3.75. The molecule has 110 valence electrons. The van der Waals surface area contributed by atoms with E-state index in [4.69, 9.17) is 4.74 Å². The summed E-state index contributed by atoms with van der Waals surface area (Å²) in [6.45, 7) is 0. The van der Waals surface area contributed by atoms with Crippen LogP contribution in [-0.4, -0.2) is 32.3 Å². The lowest BCUT2D eigenvalue weighted by Crippen LogP contribution is -2.29. The van der Waals surface area contributed by atoms with Gasteiger partial charge in [-0.3, -0.25) is 0 Å². The molecule has 0 spiro atoms. The molecule has 1 aliphatic carbocycles. The van der Waals surface area contributed by atoms with Crippen LogP contribution in [0.1, 0.15) is 36.0 Å². The van der Waals surface area contributed by atoms with Crippen molar-refractivity contribution in [2.24, 2.45) is 0 Å². The van der Waals surface area contributed by atoms with Crippen molar-refractivity contribution < 1.29 is 18.7 Å². The van der Waals surface area contributed by atoms with Crippen LogP contribution < -0.4 is 5.32 Å². The van der Waals surface area contributed by atoms with Gasteiger partial charge in [-0.05, 0) is 43.9 Å². The van der Waals surface area contributed by atoms with Crippen molar-refractivity contribution in [3.8, 4) is 0 Å². The van der Waals surface area contributed by atoms with Gasteiger partial charge in [-0.25, -0.2) is 9.18 Å². The SMILES string of the molecule is COC(=O)c1ccc(F)c(NC2CCC(OC)CC2)c1. The Labute approximate surface area is 118 Å². The van der Waals surface area contributed by atoms with Crippen LogP contribution in [0, 0.1) is 5.82 Å². The summed E-state index contributed by atoms with van der Waals surface area (Å²) in [6, 6.07) is 4.43. The summed E-state index contributed by atoms with van der Waals surface area (Å²) >= 11 is 0. The highest BCUT2D eigenvalue weighted by Gasteiger charge is 2.21. The van der Waals surface area contributed by atoms with Crippen LogP contribution >= 0.6 is 0 Å². The molecule has 0 aromatic heterocycles. The summed E-state index contributed by atoms with van der Waals surface area (Å²) in [5.41, 5.74) is 0.704. The summed E-state index contributed by atoms with van der Waals surface area (Å²) < 4.78 is 23.8. The first-order valence-electron chi connectivity index (χ1n) is 6.81. The van der Waals surface area contributed by atoms with E-state index >= 15 is 0 Å². The van der Waals surface area contributed by atoms with Crippen LogP contribution in [0.4, 0.5) is 10.1 Å². The first-order valence-corrected chi connectivity index (χ1v) is 6.81. The summed E-state index contributed by atoms with van der Waals surface area (Å²) in [5, 5.41) is 3.17. The first kappa shape index (κ1) is 14.8. The number of benzene rings is 1. The summed E-state index contributed by atoms with van der Waals surface area (Å²) in [4.78, 5) is 11.5. The molecule has 5 heteroatoms. The maximum Gasteiger partial charge on any atom is 0.337 e. The van der Waals surface area contributed by atoms with Gasteiger partial charge in [0, 0.05) is 13.2 Å². The van der Waals surface area contributed by atoms with Crippen molar-refractivity contribution in [2.45, 2.75) is 37.8 Å². The summed E-state index contributed by atoms with van der Waals surface area (Å²) in [5.74, 6) is -0.817. The number of methoxy groups -OCH3 is 2. The minimum atomic E-state index is -0.462. The van der Waals surface area contributed by atoms with Crippen LogP contribution in [0.5, 0.6) is 0 Å². The normalized spacial score (nSPS) is 22.4. The highest BCUT2D eigenvalue weighted by Crippen LogP contribution is 2.25. The number of hydrogen-bond acceptors (Lipinski definition) is 4. The van der Waals surface area contributed by atoms with Gasteiger partial charge < -0.3 is 14.8 Å². The Kier molecular flexibility index (Phi) is 4.95.